The van der Waals surface area contributed by atoms with Crippen LogP contribution in [0.3, 0.4) is 0 Å². The van der Waals surface area contributed by atoms with Crippen LogP contribution in [0.2, 0.25) is 0 Å². The largest absolute Gasteiger partial charge is 2.00 e. The summed E-state index contributed by atoms with van der Waals surface area (Å²) in [4.78, 5) is 34.1. The van der Waals surface area contributed by atoms with Gasteiger partial charge in [-0.15, -0.1) is 0 Å². The van der Waals surface area contributed by atoms with Crippen molar-refractivity contribution in [3.8, 4) is 0 Å². The molecule has 0 aliphatic carbocycles. The molecule has 0 aliphatic rings. The zero-order valence-corrected chi connectivity index (χ0v) is 16.3. The molecule has 0 radical (unpaired) electrons. The Balaban J connectivity index is -0.0000000104. The van der Waals surface area contributed by atoms with Crippen LogP contribution in [0.25, 0.3) is 0 Å². The number of carbonyl (C=O) groups is 1. The van der Waals surface area contributed by atoms with Crippen LogP contribution in [0.15, 0.2) is 0 Å². The second-order valence-electron chi connectivity index (χ2n) is 0.713. The van der Waals surface area contributed by atoms with Crippen LogP contribution >= 0.6 is 7.82 Å². The van der Waals surface area contributed by atoms with E-state index in [1.54, 1.807) is 0 Å². The van der Waals surface area contributed by atoms with Gasteiger partial charge in [0.15, 0.2) is 0 Å². The Morgan fingerprint density at radius 3 is 1.07 bits per heavy atom. The summed E-state index contributed by atoms with van der Waals surface area (Å²) in [6.45, 7) is 0. The quantitative estimate of drug-likeness (QED) is 0.331. The fourth-order valence-electron chi connectivity index (χ4n) is 0. The molecule has 0 bridgehead atoms. The maximum atomic E-state index is 8.55. The summed E-state index contributed by atoms with van der Waals surface area (Å²) >= 11 is 0. The van der Waals surface area contributed by atoms with E-state index in [0.29, 0.717) is 0 Å². The Morgan fingerprint density at radius 1 is 1.07 bits per heavy atom. The number of phosphoric acid groups is 1. The van der Waals surface area contributed by atoms with Crippen molar-refractivity contribution in [1.82, 2.24) is 0 Å². The van der Waals surface area contributed by atoms with Crippen molar-refractivity contribution in [1.29, 1.82) is 0 Å². The van der Waals surface area contributed by atoms with Gasteiger partial charge in [0.05, 0.1) is 0 Å². The van der Waals surface area contributed by atoms with Crippen LogP contribution in [0.1, 0.15) is 0 Å². The van der Waals surface area contributed by atoms with Gasteiger partial charge in [-0.05, 0) is 0 Å². The number of hydrogen-bond acceptors (Lipinski definition) is 7. The SMILES string of the molecule is O=C([O-])O.O=P([O-])([O-])[O-].[Mg+2].[Na+].[Na+].[Na+].[OH-]. The second-order valence-corrected chi connectivity index (χ2v) is 1.61. The summed E-state index contributed by atoms with van der Waals surface area (Å²) in [5.74, 6) is 0. The molecule has 64 valence electrons. The third kappa shape index (κ3) is 312. The molecule has 0 amide bonds. The zero-order chi connectivity index (χ0) is 8.08. The molecule has 0 aromatic heterocycles. The van der Waals surface area contributed by atoms with E-state index in [1.807, 2.05) is 0 Å². The Morgan fingerprint density at radius 2 is 1.07 bits per heavy atom. The molecule has 0 aromatic rings. The van der Waals surface area contributed by atoms with Gasteiger partial charge in [0, 0.05) is 0 Å². The molecule has 0 atom stereocenters. The minimum Gasteiger partial charge on any atom is -0.870 e. The molecule has 13 heteroatoms. The molecule has 0 spiro atoms. The van der Waals surface area contributed by atoms with Crippen molar-refractivity contribution in [3.63, 3.8) is 0 Å². The summed E-state index contributed by atoms with van der Waals surface area (Å²) in [7, 11) is -5.39. The average molecular weight is 266 g/mol. The van der Waals surface area contributed by atoms with Crippen LogP contribution in [0, 0.1) is 0 Å². The van der Waals surface area contributed by atoms with Gasteiger partial charge in [0.2, 0.25) is 6.16 Å². The Bertz CT molecular complexity index is 124. The second kappa shape index (κ2) is 25.1. The van der Waals surface area contributed by atoms with Crippen LogP contribution in [0.4, 0.5) is 4.79 Å². The molecular weight excluding hydrogens is 264 g/mol. The molecule has 0 aromatic carbocycles. The molecule has 2 N–H and O–H groups in total. The standard InChI is InChI=1S/CH2O3.Mg.3Na.H3O4P.H2O/c2-1(3)4;;;;;1-5(2,3)4;/h(H2,2,3,4);;;;;(H3,1,2,3,4);1H2/q;+2;3*+1;;/p-5. The van der Waals surface area contributed by atoms with Crippen molar-refractivity contribution < 1.29 is 128 Å². The fourth-order valence-corrected chi connectivity index (χ4v) is 0. The predicted octanol–water partition coefficient (Wildman–Crippen LogP) is -13.5. The van der Waals surface area contributed by atoms with Crippen LogP contribution in [0.5, 0.6) is 0 Å². The first-order valence-electron chi connectivity index (χ1n) is 1.36. The molecule has 0 rings (SSSR count). The number of carboxylic acid groups (broad SMARTS) is 2. The van der Waals surface area contributed by atoms with Gasteiger partial charge in [0.25, 0.3) is 0 Å². The van der Waals surface area contributed by atoms with Crippen LogP contribution in [-0.2, 0) is 4.57 Å². The van der Waals surface area contributed by atoms with Gasteiger partial charge in [0.1, 0.15) is 0 Å². The minimum atomic E-state index is -5.39. The third-order valence-electron chi connectivity index (χ3n) is 0. The van der Waals surface area contributed by atoms with E-state index < -0.39 is 14.0 Å². The molecule has 0 fully saturated rings. The first-order valence-corrected chi connectivity index (χ1v) is 2.82. The minimum absolute atomic E-state index is 0. The number of hydrogen-bond donors (Lipinski definition) is 1. The summed E-state index contributed by atoms with van der Waals surface area (Å²) in [6, 6.07) is 0. The Kier molecular flexibility index (Phi) is 77.8. The third-order valence-corrected chi connectivity index (χ3v) is 0. The van der Waals surface area contributed by atoms with Gasteiger partial charge < -0.3 is 39.7 Å². The van der Waals surface area contributed by atoms with Gasteiger partial charge in [-0.1, -0.05) is 0 Å². The molecule has 8 nitrogen and oxygen atoms in total. The first-order chi connectivity index (χ1) is 3.73. The average Bonchev–Trinajstić information content (AvgIpc) is 1.19. The van der Waals surface area contributed by atoms with Crippen molar-refractivity contribution in [2.24, 2.45) is 0 Å². The number of rotatable bonds is 0. The van der Waals surface area contributed by atoms with E-state index in [0.717, 1.165) is 0 Å². The Hall–Kier alpha value is 3.11. The van der Waals surface area contributed by atoms with Crippen molar-refractivity contribution in [2.45, 2.75) is 0 Å². The first kappa shape index (κ1) is 43.4. The van der Waals surface area contributed by atoms with Gasteiger partial charge in [-0.2, -0.15) is 7.82 Å². The van der Waals surface area contributed by atoms with Crippen molar-refractivity contribution in [3.05, 3.63) is 0 Å². The smallest absolute Gasteiger partial charge is 0.870 e. The molecule has 0 unspecified atom stereocenters. The normalized spacial score (nSPS) is 5.93. The van der Waals surface area contributed by atoms with E-state index in [2.05, 4.69) is 0 Å². The molecule has 0 saturated heterocycles. The Labute approximate surface area is 162 Å². The maximum Gasteiger partial charge on any atom is 2.00 e. The summed E-state index contributed by atoms with van der Waals surface area (Å²) in [5.41, 5.74) is 0. The van der Waals surface area contributed by atoms with E-state index in [1.165, 1.54) is 0 Å². The molecular formula is CH2MgNa3O8P. The summed E-state index contributed by atoms with van der Waals surface area (Å²) in [6.07, 6.45) is -2.08. The van der Waals surface area contributed by atoms with E-state index in [9.17, 15) is 0 Å². The molecule has 14 heavy (non-hydrogen) atoms. The topological polar surface area (TPSA) is 177 Å². The van der Waals surface area contributed by atoms with Gasteiger partial charge >= 0.3 is 112 Å². The van der Waals surface area contributed by atoms with E-state index >= 15 is 0 Å². The van der Waals surface area contributed by atoms with Crippen molar-refractivity contribution in [2.75, 3.05) is 0 Å². The molecule has 0 aliphatic heterocycles. The molecule has 0 saturated carbocycles. The van der Waals surface area contributed by atoms with Gasteiger partial charge in [-0.25, -0.2) is 0 Å². The summed E-state index contributed by atoms with van der Waals surface area (Å²) < 4.78 is 8.55. The van der Waals surface area contributed by atoms with Crippen molar-refractivity contribution >= 4 is 37.0 Å². The van der Waals surface area contributed by atoms with E-state index in [4.69, 9.17) is 34.3 Å². The van der Waals surface area contributed by atoms with Crippen LogP contribution < -0.4 is 108 Å². The predicted molar refractivity (Wildman–Crippen MR) is 23.3 cm³/mol. The van der Waals surface area contributed by atoms with Crippen LogP contribution in [-0.4, -0.2) is 39.8 Å². The maximum absolute atomic E-state index is 8.55. The van der Waals surface area contributed by atoms with Gasteiger partial charge in [-0.3, -0.25) is 0 Å². The fraction of sp³-hybridized carbons (Fsp3) is 0. The van der Waals surface area contributed by atoms with E-state index in [-0.39, 0.29) is 117 Å². The molecule has 0 heterocycles. The monoisotopic (exact) mass is 266 g/mol. The summed E-state index contributed by atoms with van der Waals surface area (Å²) in [5, 5.41) is 15.3. The zero-order valence-electron chi connectivity index (χ0n) is 8.00.